The smallest absolute Gasteiger partial charge is 0.470 e. The number of phenols is 1. The lowest BCUT2D eigenvalue weighted by Gasteiger charge is -2.20. The van der Waals surface area contributed by atoms with Crippen molar-refractivity contribution in [2.24, 2.45) is 0 Å². The minimum absolute atomic E-state index is 0.0745. The monoisotopic (exact) mass is 399 g/mol. The number of phosphoric ester groups is 1. The number of hydrogen-bond donors (Lipinski definition) is 3. The minimum Gasteiger partial charge on any atom is -0.508 e. The van der Waals surface area contributed by atoms with Gasteiger partial charge in [0.25, 0.3) is 5.69 Å². The molecule has 0 radical (unpaired) electrons. The topological polar surface area (TPSA) is 149 Å². The summed E-state index contributed by atoms with van der Waals surface area (Å²) in [6, 6.07) is 8.36. The van der Waals surface area contributed by atoms with Crippen LogP contribution in [0.1, 0.15) is 17.2 Å². The molecule has 0 spiro atoms. The molecule has 0 bridgehead atoms. The summed E-state index contributed by atoms with van der Waals surface area (Å²) in [4.78, 5) is 29.3. The van der Waals surface area contributed by atoms with Crippen LogP contribution in [0.25, 0.3) is 0 Å². The standard InChI is InChI=1S/C16H18NO9P/c1-24-15-8-11(12(17(19)20)9-16(15)25-2)14(26-27(21,22)23)7-10-5-3-4-6-13(10)18/h3-6,8-9,14,18H,7H2,1-2H3,(H2,21,22,23). The molecule has 2 aromatic rings. The van der Waals surface area contributed by atoms with Gasteiger partial charge in [0.2, 0.25) is 0 Å². The normalized spacial score (nSPS) is 12.4. The Morgan fingerprint density at radius 1 is 1.15 bits per heavy atom. The molecule has 1 atom stereocenters. The van der Waals surface area contributed by atoms with Crippen molar-refractivity contribution in [1.29, 1.82) is 0 Å². The lowest BCUT2D eigenvalue weighted by atomic mass is 9.99. The van der Waals surface area contributed by atoms with Gasteiger partial charge in [0, 0.05) is 6.42 Å². The fourth-order valence-electron chi connectivity index (χ4n) is 2.55. The fourth-order valence-corrected chi connectivity index (χ4v) is 3.07. The predicted octanol–water partition coefficient (Wildman–Crippen LogP) is 2.71. The number of phenolic OH excluding ortho intramolecular Hbond substituents is 1. The van der Waals surface area contributed by atoms with Crippen molar-refractivity contribution >= 4 is 13.5 Å². The number of aromatic hydroxyl groups is 1. The van der Waals surface area contributed by atoms with E-state index >= 15 is 0 Å². The number of hydrogen-bond acceptors (Lipinski definition) is 7. The van der Waals surface area contributed by atoms with Crippen LogP contribution in [-0.4, -0.2) is 34.0 Å². The van der Waals surface area contributed by atoms with Crippen molar-refractivity contribution in [3.63, 3.8) is 0 Å². The summed E-state index contributed by atoms with van der Waals surface area (Å²) >= 11 is 0. The first-order valence-corrected chi connectivity index (χ1v) is 9.10. The van der Waals surface area contributed by atoms with E-state index in [9.17, 15) is 29.6 Å². The summed E-state index contributed by atoms with van der Waals surface area (Å²) in [7, 11) is -2.39. The molecule has 10 nitrogen and oxygen atoms in total. The molecule has 0 aliphatic carbocycles. The molecule has 0 aliphatic heterocycles. The third-order valence-corrected chi connectivity index (χ3v) is 4.27. The third kappa shape index (κ3) is 5.18. The summed E-state index contributed by atoms with van der Waals surface area (Å²) in [5.74, 6) is 0.0556. The van der Waals surface area contributed by atoms with Crippen LogP contribution in [0.3, 0.4) is 0 Å². The van der Waals surface area contributed by atoms with Gasteiger partial charge in [-0.2, -0.15) is 0 Å². The van der Waals surface area contributed by atoms with Gasteiger partial charge in [-0.3, -0.25) is 14.6 Å². The Morgan fingerprint density at radius 2 is 1.74 bits per heavy atom. The van der Waals surface area contributed by atoms with Crippen LogP contribution in [0.2, 0.25) is 0 Å². The van der Waals surface area contributed by atoms with Crippen LogP contribution in [0.15, 0.2) is 36.4 Å². The second-order valence-corrected chi connectivity index (χ2v) is 6.63. The maximum absolute atomic E-state index is 11.5. The van der Waals surface area contributed by atoms with E-state index < -0.39 is 24.5 Å². The SMILES string of the molecule is COc1cc(C(Cc2ccccc2O)OP(=O)(O)O)c([N+](=O)[O-])cc1OC. The van der Waals surface area contributed by atoms with Crippen LogP contribution < -0.4 is 9.47 Å². The van der Waals surface area contributed by atoms with Crippen LogP contribution in [0.5, 0.6) is 17.2 Å². The number of methoxy groups -OCH3 is 2. The molecule has 0 fully saturated rings. The molecule has 0 aromatic heterocycles. The van der Waals surface area contributed by atoms with Crippen LogP contribution in [0, 0.1) is 10.1 Å². The van der Waals surface area contributed by atoms with Gasteiger partial charge in [0.1, 0.15) is 11.9 Å². The van der Waals surface area contributed by atoms with Crippen molar-refractivity contribution in [1.82, 2.24) is 0 Å². The van der Waals surface area contributed by atoms with E-state index in [-0.39, 0.29) is 29.2 Å². The van der Waals surface area contributed by atoms with Crippen molar-refractivity contribution in [2.75, 3.05) is 14.2 Å². The van der Waals surface area contributed by atoms with Gasteiger partial charge in [0.05, 0.1) is 30.8 Å². The van der Waals surface area contributed by atoms with Crippen molar-refractivity contribution < 1.29 is 38.4 Å². The Morgan fingerprint density at radius 3 is 2.26 bits per heavy atom. The Labute approximate surface area is 154 Å². The summed E-state index contributed by atoms with van der Waals surface area (Å²) in [6.07, 6.45) is -1.66. The number of nitro groups is 1. The molecular weight excluding hydrogens is 381 g/mol. The summed E-state index contributed by atoms with van der Waals surface area (Å²) in [6.45, 7) is 0. The molecule has 2 aromatic carbocycles. The number of para-hydroxylation sites is 1. The highest BCUT2D eigenvalue weighted by Crippen LogP contribution is 2.47. The number of rotatable bonds is 8. The molecule has 0 aliphatic rings. The molecule has 146 valence electrons. The Hall–Kier alpha value is -2.65. The zero-order valence-corrected chi connectivity index (χ0v) is 15.3. The molecule has 0 heterocycles. The summed E-state index contributed by atoms with van der Waals surface area (Å²) in [5.41, 5.74) is -0.314. The highest BCUT2D eigenvalue weighted by molar-refractivity contribution is 7.46. The molecule has 27 heavy (non-hydrogen) atoms. The number of benzene rings is 2. The van der Waals surface area contributed by atoms with Gasteiger partial charge < -0.3 is 24.4 Å². The van der Waals surface area contributed by atoms with E-state index in [1.54, 1.807) is 12.1 Å². The largest absolute Gasteiger partial charge is 0.508 e. The third-order valence-electron chi connectivity index (χ3n) is 3.74. The highest BCUT2D eigenvalue weighted by atomic mass is 31.2. The lowest BCUT2D eigenvalue weighted by molar-refractivity contribution is -0.386. The number of nitrogens with zero attached hydrogens (tertiary/aromatic N) is 1. The first-order chi connectivity index (χ1) is 12.7. The first-order valence-electron chi connectivity index (χ1n) is 7.57. The van der Waals surface area contributed by atoms with Gasteiger partial charge in [-0.25, -0.2) is 4.57 Å². The highest BCUT2D eigenvalue weighted by Gasteiger charge is 2.32. The van der Waals surface area contributed by atoms with E-state index in [2.05, 4.69) is 0 Å². The molecule has 2 rings (SSSR count). The van der Waals surface area contributed by atoms with Crippen molar-refractivity contribution in [3.8, 4) is 17.2 Å². The zero-order valence-electron chi connectivity index (χ0n) is 14.4. The molecule has 0 amide bonds. The lowest BCUT2D eigenvalue weighted by Crippen LogP contribution is -2.10. The van der Waals surface area contributed by atoms with Gasteiger partial charge in [-0.05, 0) is 17.7 Å². The maximum atomic E-state index is 11.5. The number of phosphoric acid groups is 1. The molecule has 0 saturated heterocycles. The average molecular weight is 399 g/mol. The van der Waals surface area contributed by atoms with Crippen molar-refractivity contribution in [2.45, 2.75) is 12.5 Å². The maximum Gasteiger partial charge on any atom is 0.470 e. The number of ether oxygens (including phenoxy) is 2. The van der Waals surface area contributed by atoms with Crippen LogP contribution in [0.4, 0.5) is 5.69 Å². The van der Waals surface area contributed by atoms with E-state index in [0.29, 0.717) is 5.56 Å². The Bertz CT molecular complexity index is 880. The van der Waals surface area contributed by atoms with E-state index in [0.717, 1.165) is 6.07 Å². The Balaban J connectivity index is 2.62. The van der Waals surface area contributed by atoms with Gasteiger partial charge >= 0.3 is 7.82 Å². The molecular formula is C16H18NO9P. The van der Waals surface area contributed by atoms with E-state index in [1.165, 1.54) is 32.4 Å². The van der Waals surface area contributed by atoms with Crippen LogP contribution >= 0.6 is 7.82 Å². The van der Waals surface area contributed by atoms with E-state index in [1.807, 2.05) is 0 Å². The number of nitro benzene ring substituents is 1. The second-order valence-electron chi connectivity index (χ2n) is 5.44. The van der Waals surface area contributed by atoms with Gasteiger partial charge in [-0.15, -0.1) is 0 Å². The molecule has 0 saturated carbocycles. The van der Waals surface area contributed by atoms with Crippen LogP contribution in [-0.2, 0) is 15.5 Å². The molecule has 11 heteroatoms. The van der Waals surface area contributed by atoms with E-state index in [4.69, 9.17) is 14.0 Å². The average Bonchev–Trinajstić information content (AvgIpc) is 2.60. The predicted molar refractivity (Wildman–Crippen MR) is 93.9 cm³/mol. The quantitative estimate of drug-likeness (QED) is 0.346. The minimum atomic E-state index is -5.01. The summed E-state index contributed by atoms with van der Waals surface area (Å²) < 4.78 is 26.4. The molecule has 1 unspecified atom stereocenters. The van der Waals surface area contributed by atoms with Crippen molar-refractivity contribution in [3.05, 3.63) is 57.6 Å². The summed E-state index contributed by atoms with van der Waals surface area (Å²) in [5, 5.41) is 21.4. The Kier molecular flexibility index (Phi) is 6.40. The fraction of sp³-hybridized carbons (Fsp3) is 0.250. The first kappa shape index (κ1) is 20.7. The van der Waals surface area contributed by atoms with Gasteiger partial charge in [0.15, 0.2) is 11.5 Å². The van der Waals surface area contributed by atoms with Gasteiger partial charge in [-0.1, -0.05) is 18.2 Å². The zero-order chi connectivity index (χ0) is 20.2. The molecule has 3 N–H and O–H groups in total. The second kappa shape index (κ2) is 8.36.